The van der Waals surface area contributed by atoms with E-state index in [-0.39, 0.29) is 0 Å². The van der Waals surface area contributed by atoms with Crippen LogP contribution in [0.25, 0.3) is 10.9 Å². The Kier molecular flexibility index (Phi) is 3.09. The topological polar surface area (TPSA) is 22.1 Å². The van der Waals surface area contributed by atoms with Gasteiger partial charge in [0, 0.05) is 11.5 Å². The molecule has 0 unspecified atom stereocenters. The van der Waals surface area contributed by atoms with Gasteiger partial charge in [0.15, 0.2) is 0 Å². The monoisotopic (exact) mass is 215 g/mol. The van der Waals surface area contributed by atoms with E-state index < -0.39 is 0 Å². The van der Waals surface area contributed by atoms with Crippen LogP contribution in [0.4, 0.5) is 0 Å². The lowest BCUT2D eigenvalue weighted by atomic mass is 10.0. The smallest absolute Gasteiger partial charge is 0.214 e. The van der Waals surface area contributed by atoms with Gasteiger partial charge in [-0.1, -0.05) is 25.1 Å². The molecule has 0 fully saturated rings. The molecule has 0 aliphatic heterocycles. The van der Waals surface area contributed by atoms with Crippen LogP contribution in [0.1, 0.15) is 25.0 Å². The molecule has 2 aromatic rings. The molecule has 0 atom stereocenters. The van der Waals surface area contributed by atoms with E-state index in [0.717, 1.165) is 17.8 Å². The highest BCUT2D eigenvalue weighted by Crippen LogP contribution is 2.24. The average Bonchev–Trinajstić information content (AvgIpc) is 2.29. The van der Waals surface area contributed by atoms with Crippen molar-refractivity contribution in [2.24, 2.45) is 0 Å². The minimum Gasteiger partial charge on any atom is -0.478 e. The molecule has 0 bridgehead atoms. The van der Waals surface area contributed by atoms with Crippen LogP contribution >= 0.6 is 0 Å². The number of nitrogens with zero attached hydrogens (tertiary/aromatic N) is 1. The zero-order chi connectivity index (χ0) is 11.5. The van der Waals surface area contributed by atoms with Crippen molar-refractivity contribution in [2.75, 3.05) is 6.61 Å². The second kappa shape index (κ2) is 4.52. The third kappa shape index (κ3) is 1.87. The van der Waals surface area contributed by atoms with Crippen molar-refractivity contribution in [1.82, 2.24) is 4.98 Å². The maximum Gasteiger partial charge on any atom is 0.214 e. The summed E-state index contributed by atoms with van der Waals surface area (Å²) in [5.74, 6) is 0.730. The molecule has 0 saturated heterocycles. The number of pyridine rings is 1. The van der Waals surface area contributed by atoms with Crippen LogP contribution in [0.15, 0.2) is 24.3 Å². The maximum atomic E-state index is 5.48. The van der Waals surface area contributed by atoms with E-state index in [4.69, 9.17) is 4.74 Å². The Labute approximate surface area is 96.3 Å². The molecule has 0 amide bonds. The normalized spacial score (nSPS) is 10.7. The Hall–Kier alpha value is -1.57. The van der Waals surface area contributed by atoms with Crippen molar-refractivity contribution in [3.8, 4) is 5.88 Å². The first-order valence-electron chi connectivity index (χ1n) is 5.78. The third-order valence-corrected chi connectivity index (χ3v) is 2.78. The molecule has 0 spiro atoms. The predicted octanol–water partition coefficient (Wildman–Crippen LogP) is 3.50. The minimum atomic E-state index is 0.659. The van der Waals surface area contributed by atoms with Gasteiger partial charge in [-0.15, -0.1) is 0 Å². The van der Waals surface area contributed by atoms with Crippen LogP contribution in [0.5, 0.6) is 5.88 Å². The second-order valence-corrected chi connectivity index (χ2v) is 3.88. The van der Waals surface area contributed by atoms with Crippen LogP contribution in [0.3, 0.4) is 0 Å². The van der Waals surface area contributed by atoms with E-state index in [2.05, 4.69) is 37.0 Å². The SMILES string of the molecule is CCOc1cc(C)c2cccc(CC)c2n1. The maximum absolute atomic E-state index is 5.48. The number of hydrogen-bond acceptors (Lipinski definition) is 2. The fourth-order valence-electron chi connectivity index (χ4n) is 1.95. The molecule has 0 N–H and O–H groups in total. The predicted molar refractivity (Wildman–Crippen MR) is 67.0 cm³/mol. The van der Waals surface area contributed by atoms with Crippen LogP contribution in [-0.2, 0) is 6.42 Å². The van der Waals surface area contributed by atoms with Crippen molar-refractivity contribution in [2.45, 2.75) is 27.2 Å². The number of fused-ring (bicyclic) bond motifs is 1. The minimum absolute atomic E-state index is 0.659. The summed E-state index contributed by atoms with van der Waals surface area (Å²) >= 11 is 0. The molecule has 2 nitrogen and oxygen atoms in total. The second-order valence-electron chi connectivity index (χ2n) is 3.88. The highest BCUT2D eigenvalue weighted by molar-refractivity contribution is 5.85. The van der Waals surface area contributed by atoms with Gasteiger partial charge in [0.25, 0.3) is 0 Å². The molecular formula is C14H17NO. The van der Waals surface area contributed by atoms with E-state index in [0.29, 0.717) is 6.61 Å². The molecule has 1 aromatic heterocycles. The van der Waals surface area contributed by atoms with E-state index in [1.165, 1.54) is 16.5 Å². The van der Waals surface area contributed by atoms with Gasteiger partial charge in [-0.2, -0.15) is 0 Å². The summed E-state index contributed by atoms with van der Waals surface area (Å²) < 4.78 is 5.48. The van der Waals surface area contributed by atoms with Gasteiger partial charge in [0.1, 0.15) is 0 Å². The van der Waals surface area contributed by atoms with Gasteiger partial charge in [-0.05, 0) is 31.4 Å². The Bertz CT molecular complexity index is 505. The summed E-state index contributed by atoms with van der Waals surface area (Å²) in [6.45, 7) is 6.89. The quantitative estimate of drug-likeness (QED) is 0.781. The summed E-state index contributed by atoms with van der Waals surface area (Å²) in [4.78, 5) is 4.57. The van der Waals surface area contributed by atoms with Crippen molar-refractivity contribution in [1.29, 1.82) is 0 Å². The lowest BCUT2D eigenvalue weighted by molar-refractivity contribution is 0.328. The molecule has 0 radical (unpaired) electrons. The highest BCUT2D eigenvalue weighted by atomic mass is 16.5. The van der Waals surface area contributed by atoms with Gasteiger partial charge in [0.05, 0.1) is 12.1 Å². The summed E-state index contributed by atoms with van der Waals surface area (Å²) in [7, 11) is 0. The number of hydrogen-bond donors (Lipinski definition) is 0. The van der Waals surface area contributed by atoms with Crippen LogP contribution in [0.2, 0.25) is 0 Å². The molecule has 2 rings (SSSR count). The largest absolute Gasteiger partial charge is 0.478 e. The van der Waals surface area contributed by atoms with Crippen molar-refractivity contribution in [3.05, 3.63) is 35.4 Å². The van der Waals surface area contributed by atoms with Crippen LogP contribution in [0, 0.1) is 6.92 Å². The Balaban J connectivity index is 2.67. The van der Waals surface area contributed by atoms with Crippen LogP contribution < -0.4 is 4.74 Å². The van der Waals surface area contributed by atoms with Gasteiger partial charge in [-0.25, -0.2) is 4.98 Å². The molecule has 84 valence electrons. The Morgan fingerprint density at radius 1 is 1.25 bits per heavy atom. The lowest BCUT2D eigenvalue weighted by Gasteiger charge is -2.09. The first-order chi connectivity index (χ1) is 7.76. The number of benzene rings is 1. The number of ether oxygens (including phenoxy) is 1. The molecular weight excluding hydrogens is 198 g/mol. The van der Waals surface area contributed by atoms with Gasteiger partial charge in [-0.3, -0.25) is 0 Å². The first-order valence-corrected chi connectivity index (χ1v) is 5.78. The molecule has 16 heavy (non-hydrogen) atoms. The summed E-state index contributed by atoms with van der Waals surface area (Å²) in [6.07, 6.45) is 0.999. The van der Waals surface area contributed by atoms with E-state index in [1.54, 1.807) is 0 Å². The molecule has 1 heterocycles. The van der Waals surface area contributed by atoms with E-state index in [1.807, 2.05) is 13.0 Å². The number of aromatic nitrogens is 1. The molecule has 0 aliphatic carbocycles. The van der Waals surface area contributed by atoms with Crippen molar-refractivity contribution < 1.29 is 4.74 Å². The molecule has 1 aromatic carbocycles. The fraction of sp³-hybridized carbons (Fsp3) is 0.357. The summed E-state index contributed by atoms with van der Waals surface area (Å²) in [5.41, 5.74) is 3.58. The number of aryl methyl sites for hydroxylation is 2. The number of para-hydroxylation sites is 1. The zero-order valence-electron chi connectivity index (χ0n) is 10.1. The van der Waals surface area contributed by atoms with E-state index >= 15 is 0 Å². The fourth-order valence-corrected chi connectivity index (χ4v) is 1.95. The van der Waals surface area contributed by atoms with Gasteiger partial charge in [0.2, 0.25) is 5.88 Å². The standard InChI is InChI=1S/C14H17NO/c1-4-11-7-6-8-12-10(3)9-13(16-5-2)15-14(11)12/h6-9H,4-5H2,1-3H3. The molecule has 2 heteroatoms. The van der Waals surface area contributed by atoms with Crippen molar-refractivity contribution >= 4 is 10.9 Å². The first kappa shape index (κ1) is 10.9. The van der Waals surface area contributed by atoms with Gasteiger partial charge < -0.3 is 4.74 Å². The Morgan fingerprint density at radius 3 is 2.75 bits per heavy atom. The highest BCUT2D eigenvalue weighted by Gasteiger charge is 2.06. The van der Waals surface area contributed by atoms with Crippen LogP contribution in [-0.4, -0.2) is 11.6 Å². The molecule has 0 saturated carbocycles. The zero-order valence-corrected chi connectivity index (χ0v) is 10.1. The lowest BCUT2D eigenvalue weighted by Crippen LogP contribution is -1.97. The third-order valence-electron chi connectivity index (χ3n) is 2.78. The van der Waals surface area contributed by atoms with Gasteiger partial charge >= 0.3 is 0 Å². The summed E-state index contributed by atoms with van der Waals surface area (Å²) in [5, 5.41) is 1.22. The van der Waals surface area contributed by atoms with Crippen molar-refractivity contribution in [3.63, 3.8) is 0 Å². The molecule has 0 aliphatic rings. The summed E-state index contributed by atoms with van der Waals surface area (Å²) in [6, 6.07) is 8.35. The number of rotatable bonds is 3. The Morgan fingerprint density at radius 2 is 2.06 bits per heavy atom. The van der Waals surface area contributed by atoms with E-state index in [9.17, 15) is 0 Å². The average molecular weight is 215 g/mol.